The second-order valence-corrected chi connectivity index (χ2v) is 5.21. The number of benzene rings is 2. The first-order valence-corrected chi connectivity index (χ1v) is 7.40. The lowest BCUT2D eigenvalue weighted by Gasteiger charge is -2.12. The number of rotatable bonds is 4. The van der Waals surface area contributed by atoms with Crippen molar-refractivity contribution in [3.63, 3.8) is 0 Å². The minimum atomic E-state index is -0.393. The molecular weight excluding hydrogens is 354 g/mol. The van der Waals surface area contributed by atoms with Crippen LogP contribution < -0.4 is 4.74 Å². The molecule has 0 amide bonds. The molecule has 0 spiro atoms. The van der Waals surface area contributed by atoms with Gasteiger partial charge in [0.2, 0.25) is 0 Å². The normalized spacial score (nSPS) is 10.5. The maximum Gasteiger partial charge on any atom is 0.165 e. The fourth-order valence-corrected chi connectivity index (χ4v) is 2.45. The molecule has 0 heterocycles. The van der Waals surface area contributed by atoms with Gasteiger partial charge in [-0.3, -0.25) is 0 Å². The van der Waals surface area contributed by atoms with Crippen molar-refractivity contribution < 1.29 is 9.13 Å². The van der Waals surface area contributed by atoms with Gasteiger partial charge in [-0.2, -0.15) is 0 Å². The van der Waals surface area contributed by atoms with E-state index in [0.29, 0.717) is 15.4 Å². The number of halogens is 4. The van der Waals surface area contributed by atoms with Crippen LogP contribution in [-0.4, -0.2) is 0 Å². The quantitative estimate of drug-likeness (QED) is 0.642. The van der Waals surface area contributed by atoms with E-state index in [4.69, 9.17) is 27.9 Å². The summed E-state index contributed by atoms with van der Waals surface area (Å²) in [7, 11) is 0. The minimum Gasteiger partial charge on any atom is -0.485 e. The fraction of sp³-hybridized carbons (Fsp3) is 0.143. The van der Waals surface area contributed by atoms with Crippen LogP contribution in [-0.2, 0) is 11.9 Å². The van der Waals surface area contributed by atoms with Gasteiger partial charge in [-0.1, -0.05) is 63.4 Å². The SMILES string of the molecule is Fc1cccc(CBr)c1OCc1cccc(Cl)c1Cl. The summed E-state index contributed by atoms with van der Waals surface area (Å²) in [6, 6.07) is 10.1. The van der Waals surface area contributed by atoms with Gasteiger partial charge in [0.1, 0.15) is 6.61 Å². The zero-order chi connectivity index (χ0) is 13.8. The van der Waals surface area contributed by atoms with Crippen LogP contribution in [0.4, 0.5) is 4.39 Å². The number of hydrogen-bond donors (Lipinski definition) is 0. The van der Waals surface area contributed by atoms with Gasteiger partial charge in [-0.25, -0.2) is 4.39 Å². The molecule has 0 aromatic heterocycles. The highest BCUT2D eigenvalue weighted by Gasteiger charge is 2.11. The third kappa shape index (κ3) is 3.41. The van der Waals surface area contributed by atoms with Crippen LogP contribution in [0.5, 0.6) is 5.75 Å². The Labute approximate surface area is 129 Å². The largest absolute Gasteiger partial charge is 0.485 e. The smallest absolute Gasteiger partial charge is 0.165 e. The maximum atomic E-state index is 13.7. The predicted octanol–water partition coefficient (Wildman–Crippen LogP) is 5.61. The van der Waals surface area contributed by atoms with E-state index in [1.807, 2.05) is 0 Å². The lowest BCUT2D eigenvalue weighted by molar-refractivity contribution is 0.288. The Morgan fingerprint density at radius 2 is 1.74 bits per heavy atom. The van der Waals surface area contributed by atoms with E-state index >= 15 is 0 Å². The van der Waals surface area contributed by atoms with Crippen molar-refractivity contribution >= 4 is 39.1 Å². The molecule has 0 N–H and O–H groups in total. The van der Waals surface area contributed by atoms with E-state index in [1.165, 1.54) is 6.07 Å². The zero-order valence-corrected chi connectivity index (χ0v) is 12.9. The van der Waals surface area contributed by atoms with Crippen LogP contribution in [0.2, 0.25) is 10.0 Å². The Morgan fingerprint density at radius 1 is 1.05 bits per heavy atom. The van der Waals surface area contributed by atoms with Crippen molar-refractivity contribution in [2.24, 2.45) is 0 Å². The fourth-order valence-electron chi connectivity index (χ4n) is 1.63. The van der Waals surface area contributed by atoms with Gasteiger partial charge < -0.3 is 4.74 Å². The highest BCUT2D eigenvalue weighted by atomic mass is 79.9. The van der Waals surface area contributed by atoms with Crippen molar-refractivity contribution in [1.29, 1.82) is 0 Å². The molecule has 0 fully saturated rings. The Hall–Kier alpha value is -0.770. The average molecular weight is 364 g/mol. The molecular formula is C14H10BrCl2FO. The average Bonchev–Trinajstić information content (AvgIpc) is 2.41. The summed E-state index contributed by atoms with van der Waals surface area (Å²) < 4.78 is 19.2. The van der Waals surface area contributed by atoms with Crippen LogP contribution >= 0.6 is 39.1 Å². The molecule has 0 atom stereocenters. The molecule has 2 aromatic rings. The van der Waals surface area contributed by atoms with Crippen molar-refractivity contribution in [3.05, 3.63) is 63.4 Å². The van der Waals surface area contributed by atoms with Gasteiger partial charge in [-0.15, -0.1) is 0 Å². The first-order chi connectivity index (χ1) is 9.13. The van der Waals surface area contributed by atoms with Crippen LogP contribution in [0.25, 0.3) is 0 Å². The monoisotopic (exact) mass is 362 g/mol. The second-order valence-electron chi connectivity index (χ2n) is 3.86. The molecule has 0 aliphatic heterocycles. The molecule has 0 unspecified atom stereocenters. The van der Waals surface area contributed by atoms with Gasteiger partial charge in [-0.05, 0) is 12.1 Å². The first-order valence-electron chi connectivity index (χ1n) is 5.52. The van der Waals surface area contributed by atoms with Crippen molar-refractivity contribution in [3.8, 4) is 5.75 Å². The van der Waals surface area contributed by atoms with Gasteiger partial charge in [0.25, 0.3) is 0 Å². The van der Waals surface area contributed by atoms with Crippen molar-refractivity contribution in [2.75, 3.05) is 0 Å². The summed E-state index contributed by atoms with van der Waals surface area (Å²) in [6.07, 6.45) is 0. The molecule has 0 bridgehead atoms. The van der Waals surface area contributed by atoms with Gasteiger partial charge in [0, 0.05) is 16.5 Å². The molecule has 0 aliphatic rings. The molecule has 100 valence electrons. The first kappa shape index (κ1) is 14.6. The summed E-state index contributed by atoms with van der Waals surface area (Å²) in [4.78, 5) is 0. The third-order valence-corrected chi connectivity index (χ3v) is 4.06. The summed E-state index contributed by atoms with van der Waals surface area (Å²) in [5.74, 6) is -0.162. The Bertz CT molecular complexity index is 590. The number of para-hydroxylation sites is 1. The van der Waals surface area contributed by atoms with E-state index in [2.05, 4.69) is 15.9 Å². The van der Waals surface area contributed by atoms with Gasteiger partial charge in [0.15, 0.2) is 11.6 Å². The van der Waals surface area contributed by atoms with E-state index in [9.17, 15) is 4.39 Å². The van der Waals surface area contributed by atoms with Gasteiger partial charge in [0.05, 0.1) is 10.0 Å². The summed E-state index contributed by atoms with van der Waals surface area (Å²) in [6.45, 7) is 0.167. The maximum absolute atomic E-state index is 13.7. The van der Waals surface area contributed by atoms with Crippen molar-refractivity contribution in [1.82, 2.24) is 0 Å². The predicted molar refractivity (Wildman–Crippen MR) is 79.8 cm³/mol. The molecule has 19 heavy (non-hydrogen) atoms. The highest BCUT2D eigenvalue weighted by Crippen LogP contribution is 2.29. The molecule has 0 saturated heterocycles. The molecule has 0 saturated carbocycles. The summed E-state index contributed by atoms with van der Waals surface area (Å²) in [5.41, 5.74) is 1.47. The number of ether oxygens (including phenoxy) is 1. The Kier molecular flexibility index (Phi) is 5.08. The second kappa shape index (κ2) is 6.60. The Balaban J connectivity index is 2.21. The Morgan fingerprint density at radius 3 is 2.47 bits per heavy atom. The summed E-state index contributed by atoms with van der Waals surface area (Å²) >= 11 is 15.3. The zero-order valence-electron chi connectivity index (χ0n) is 9.80. The molecule has 0 radical (unpaired) electrons. The molecule has 2 rings (SSSR count). The van der Waals surface area contributed by atoms with Crippen LogP contribution in [0, 0.1) is 5.82 Å². The topological polar surface area (TPSA) is 9.23 Å². The highest BCUT2D eigenvalue weighted by molar-refractivity contribution is 9.08. The third-order valence-electron chi connectivity index (χ3n) is 2.60. The van der Waals surface area contributed by atoms with Crippen molar-refractivity contribution in [2.45, 2.75) is 11.9 Å². The molecule has 5 heteroatoms. The number of alkyl halides is 1. The lowest BCUT2D eigenvalue weighted by atomic mass is 10.2. The molecule has 2 aromatic carbocycles. The van der Waals surface area contributed by atoms with Crippen LogP contribution in [0.15, 0.2) is 36.4 Å². The number of hydrogen-bond acceptors (Lipinski definition) is 1. The van der Waals surface area contributed by atoms with E-state index in [0.717, 1.165) is 11.1 Å². The van der Waals surface area contributed by atoms with Crippen LogP contribution in [0.1, 0.15) is 11.1 Å². The van der Waals surface area contributed by atoms with E-state index in [1.54, 1.807) is 30.3 Å². The standard InChI is InChI=1S/C14H10BrCl2FO/c15-7-9-3-2-6-12(18)14(9)19-8-10-4-1-5-11(16)13(10)17/h1-6H,7-8H2. The van der Waals surface area contributed by atoms with E-state index in [-0.39, 0.29) is 12.4 Å². The van der Waals surface area contributed by atoms with E-state index < -0.39 is 5.82 Å². The van der Waals surface area contributed by atoms with Gasteiger partial charge >= 0.3 is 0 Å². The minimum absolute atomic E-state index is 0.167. The molecule has 0 aliphatic carbocycles. The molecule has 1 nitrogen and oxygen atoms in total. The summed E-state index contributed by atoms with van der Waals surface area (Å²) in [5, 5.41) is 1.40. The lowest BCUT2D eigenvalue weighted by Crippen LogP contribution is -2.01. The van der Waals surface area contributed by atoms with Crippen LogP contribution in [0.3, 0.4) is 0 Å².